The van der Waals surface area contributed by atoms with E-state index in [1.807, 2.05) is 12.1 Å². The van der Waals surface area contributed by atoms with Gasteiger partial charge in [0.05, 0.1) is 0 Å². The number of hydrogen-bond donors (Lipinski definition) is 1. The van der Waals surface area contributed by atoms with E-state index in [-0.39, 0.29) is 11.9 Å². The Morgan fingerprint density at radius 3 is 2.88 bits per heavy atom. The average molecular weight is 372 g/mol. The van der Waals surface area contributed by atoms with Gasteiger partial charge < -0.3 is 5.32 Å². The highest BCUT2D eigenvalue weighted by atomic mass is 35.5. The molecule has 134 valence electrons. The van der Waals surface area contributed by atoms with Crippen LogP contribution < -0.4 is 5.32 Å². The predicted octanol–water partition coefficient (Wildman–Crippen LogP) is 3.62. The quantitative estimate of drug-likeness (QED) is 0.832. The molecule has 0 spiro atoms. The summed E-state index contributed by atoms with van der Waals surface area (Å²) in [5, 5.41) is 3.56. The summed E-state index contributed by atoms with van der Waals surface area (Å²) in [4.78, 5) is 13.4. The Morgan fingerprint density at radius 2 is 2.12 bits per heavy atom. The SMILES string of the molecule is FC(F)(F)c1cc(NC2CCCN(Cc3cccnc3Cl)C2)ncn1. The Balaban J connectivity index is 1.63. The highest BCUT2D eigenvalue weighted by Gasteiger charge is 2.33. The Hall–Kier alpha value is -1.93. The molecule has 1 aliphatic heterocycles. The lowest BCUT2D eigenvalue weighted by Gasteiger charge is -2.33. The normalized spacial score (nSPS) is 19.0. The maximum atomic E-state index is 12.7. The van der Waals surface area contributed by atoms with E-state index in [4.69, 9.17) is 11.6 Å². The third-order valence-corrected chi connectivity index (χ3v) is 4.39. The number of alkyl halides is 3. The fourth-order valence-electron chi connectivity index (χ4n) is 2.90. The Morgan fingerprint density at radius 1 is 1.28 bits per heavy atom. The zero-order valence-corrected chi connectivity index (χ0v) is 14.1. The van der Waals surface area contributed by atoms with Gasteiger partial charge in [0.15, 0.2) is 0 Å². The van der Waals surface area contributed by atoms with Gasteiger partial charge in [0.2, 0.25) is 0 Å². The van der Waals surface area contributed by atoms with Gasteiger partial charge in [-0.3, -0.25) is 4.90 Å². The summed E-state index contributed by atoms with van der Waals surface area (Å²) in [6.45, 7) is 2.25. The molecule has 0 amide bonds. The van der Waals surface area contributed by atoms with Crippen LogP contribution in [0, 0.1) is 0 Å². The zero-order chi connectivity index (χ0) is 17.9. The molecule has 2 aromatic rings. The molecule has 0 saturated carbocycles. The van der Waals surface area contributed by atoms with Gasteiger partial charge >= 0.3 is 6.18 Å². The highest BCUT2D eigenvalue weighted by Crippen LogP contribution is 2.28. The number of pyridine rings is 1. The summed E-state index contributed by atoms with van der Waals surface area (Å²) in [6.07, 6.45) is -0.106. The van der Waals surface area contributed by atoms with Gasteiger partial charge in [0.1, 0.15) is 23.0 Å². The van der Waals surface area contributed by atoms with Crippen LogP contribution >= 0.6 is 11.6 Å². The maximum absolute atomic E-state index is 12.7. The van der Waals surface area contributed by atoms with E-state index < -0.39 is 11.9 Å². The molecular weight excluding hydrogens is 355 g/mol. The lowest BCUT2D eigenvalue weighted by Crippen LogP contribution is -2.41. The van der Waals surface area contributed by atoms with Crippen molar-refractivity contribution in [2.24, 2.45) is 0 Å². The topological polar surface area (TPSA) is 53.9 Å². The standard InChI is InChI=1S/C16H17ClF3N5/c17-15-11(3-1-5-21-15)8-25-6-2-4-12(9-25)24-14-7-13(16(18,19)20)22-10-23-14/h1,3,5,7,10,12H,2,4,6,8-9H2,(H,22,23,24). The molecular formula is C16H17ClF3N5. The van der Waals surface area contributed by atoms with Crippen molar-refractivity contribution in [2.75, 3.05) is 18.4 Å². The van der Waals surface area contributed by atoms with E-state index in [0.717, 1.165) is 37.3 Å². The summed E-state index contributed by atoms with van der Waals surface area (Å²) in [6, 6.07) is 4.71. The van der Waals surface area contributed by atoms with E-state index in [2.05, 4.69) is 25.2 Å². The fourth-order valence-corrected chi connectivity index (χ4v) is 3.07. The number of nitrogens with one attached hydrogen (secondary N) is 1. The van der Waals surface area contributed by atoms with Gasteiger partial charge in [-0.15, -0.1) is 0 Å². The van der Waals surface area contributed by atoms with Crippen LogP contribution in [0.25, 0.3) is 0 Å². The van der Waals surface area contributed by atoms with Crippen LogP contribution in [-0.2, 0) is 12.7 Å². The second-order valence-corrected chi connectivity index (χ2v) is 6.32. The number of piperidine rings is 1. The molecule has 9 heteroatoms. The van der Waals surface area contributed by atoms with Crippen LogP contribution in [-0.4, -0.2) is 39.0 Å². The van der Waals surface area contributed by atoms with Crippen molar-refractivity contribution < 1.29 is 13.2 Å². The molecule has 3 heterocycles. The van der Waals surface area contributed by atoms with Crippen LogP contribution in [0.15, 0.2) is 30.7 Å². The molecule has 0 aliphatic carbocycles. The van der Waals surface area contributed by atoms with Crippen molar-refractivity contribution in [1.82, 2.24) is 19.9 Å². The van der Waals surface area contributed by atoms with Crippen LogP contribution in [0.3, 0.4) is 0 Å². The van der Waals surface area contributed by atoms with Crippen molar-refractivity contribution in [3.63, 3.8) is 0 Å². The largest absolute Gasteiger partial charge is 0.433 e. The van der Waals surface area contributed by atoms with Crippen molar-refractivity contribution in [1.29, 1.82) is 0 Å². The van der Waals surface area contributed by atoms with Crippen molar-refractivity contribution in [2.45, 2.75) is 31.6 Å². The molecule has 2 aromatic heterocycles. The number of hydrogen-bond acceptors (Lipinski definition) is 5. The second kappa shape index (κ2) is 7.53. The van der Waals surface area contributed by atoms with Crippen LogP contribution in [0.1, 0.15) is 24.1 Å². The van der Waals surface area contributed by atoms with E-state index in [1.54, 1.807) is 6.20 Å². The monoisotopic (exact) mass is 371 g/mol. The molecule has 0 radical (unpaired) electrons. The summed E-state index contributed by atoms with van der Waals surface area (Å²) in [7, 11) is 0. The summed E-state index contributed by atoms with van der Waals surface area (Å²) in [5.74, 6) is 0.189. The van der Waals surface area contributed by atoms with E-state index in [1.165, 1.54) is 0 Å². The molecule has 1 aliphatic rings. The number of halogens is 4. The number of nitrogens with zero attached hydrogens (tertiary/aromatic N) is 4. The number of aromatic nitrogens is 3. The molecule has 25 heavy (non-hydrogen) atoms. The van der Waals surface area contributed by atoms with Crippen molar-refractivity contribution >= 4 is 17.4 Å². The smallest absolute Gasteiger partial charge is 0.366 e. The average Bonchev–Trinajstić information content (AvgIpc) is 2.57. The van der Waals surface area contributed by atoms with Gasteiger partial charge in [-0.1, -0.05) is 17.7 Å². The van der Waals surface area contributed by atoms with Gasteiger partial charge in [-0.2, -0.15) is 13.2 Å². The molecule has 1 unspecified atom stereocenters. The number of rotatable bonds is 4. The molecule has 1 atom stereocenters. The number of anilines is 1. The maximum Gasteiger partial charge on any atom is 0.433 e. The highest BCUT2D eigenvalue weighted by molar-refractivity contribution is 6.30. The van der Waals surface area contributed by atoms with Crippen molar-refractivity contribution in [3.8, 4) is 0 Å². The summed E-state index contributed by atoms with van der Waals surface area (Å²) in [5.41, 5.74) is -0.00832. The van der Waals surface area contributed by atoms with E-state index in [9.17, 15) is 13.2 Å². The molecule has 0 bridgehead atoms. The zero-order valence-electron chi connectivity index (χ0n) is 13.3. The van der Waals surface area contributed by atoms with Gasteiger partial charge in [-0.05, 0) is 25.5 Å². The minimum Gasteiger partial charge on any atom is -0.366 e. The van der Waals surface area contributed by atoms with Gasteiger partial charge in [-0.25, -0.2) is 15.0 Å². The van der Waals surface area contributed by atoms with Gasteiger partial charge in [0, 0.05) is 37.0 Å². The molecule has 1 N–H and O–H groups in total. The predicted molar refractivity (Wildman–Crippen MR) is 88.2 cm³/mol. The minimum absolute atomic E-state index is 0.0141. The van der Waals surface area contributed by atoms with E-state index >= 15 is 0 Å². The Kier molecular flexibility index (Phi) is 5.39. The first-order chi connectivity index (χ1) is 11.9. The molecule has 3 rings (SSSR count). The summed E-state index contributed by atoms with van der Waals surface area (Å²) < 4.78 is 38.2. The fraction of sp³-hybridized carbons (Fsp3) is 0.438. The molecule has 0 aromatic carbocycles. The first kappa shape index (κ1) is 17.9. The van der Waals surface area contributed by atoms with Gasteiger partial charge in [0.25, 0.3) is 0 Å². The van der Waals surface area contributed by atoms with Crippen molar-refractivity contribution in [3.05, 3.63) is 47.1 Å². The van der Waals surface area contributed by atoms with Crippen LogP contribution in [0.5, 0.6) is 0 Å². The second-order valence-electron chi connectivity index (χ2n) is 5.96. The Bertz CT molecular complexity index is 725. The minimum atomic E-state index is -4.48. The number of likely N-dealkylation sites (tertiary alicyclic amines) is 1. The van der Waals surface area contributed by atoms with E-state index in [0.29, 0.717) is 18.2 Å². The molecule has 1 saturated heterocycles. The first-order valence-electron chi connectivity index (χ1n) is 7.89. The molecule has 1 fully saturated rings. The molecule has 5 nitrogen and oxygen atoms in total. The lowest BCUT2D eigenvalue weighted by atomic mass is 10.0. The summed E-state index contributed by atoms with van der Waals surface area (Å²) >= 11 is 6.09. The third kappa shape index (κ3) is 4.79. The Labute approximate surface area is 148 Å². The lowest BCUT2D eigenvalue weighted by molar-refractivity contribution is -0.141. The third-order valence-electron chi connectivity index (χ3n) is 4.05. The van der Waals surface area contributed by atoms with Crippen LogP contribution in [0.4, 0.5) is 19.0 Å². The first-order valence-corrected chi connectivity index (χ1v) is 8.27. The van der Waals surface area contributed by atoms with Crippen LogP contribution in [0.2, 0.25) is 5.15 Å².